The van der Waals surface area contributed by atoms with Gasteiger partial charge in [0.2, 0.25) is 11.6 Å². The van der Waals surface area contributed by atoms with Crippen molar-refractivity contribution >= 4 is 29.4 Å². The van der Waals surface area contributed by atoms with Crippen LogP contribution in [0.4, 0.5) is 11.6 Å². The van der Waals surface area contributed by atoms with Gasteiger partial charge < -0.3 is 5.32 Å². The van der Waals surface area contributed by atoms with Crippen molar-refractivity contribution in [3.05, 3.63) is 70.8 Å². The Morgan fingerprint density at radius 1 is 0.962 bits per heavy atom. The van der Waals surface area contributed by atoms with Gasteiger partial charge in [0.15, 0.2) is 0 Å². The van der Waals surface area contributed by atoms with Crippen molar-refractivity contribution in [2.75, 3.05) is 10.2 Å². The molecule has 1 aliphatic heterocycles. The van der Waals surface area contributed by atoms with Gasteiger partial charge in [0.25, 0.3) is 17.7 Å². The summed E-state index contributed by atoms with van der Waals surface area (Å²) < 4.78 is 4.65. The fourth-order valence-corrected chi connectivity index (χ4v) is 2.68. The average Bonchev–Trinajstić information content (AvgIpc) is 3.19. The highest BCUT2D eigenvalue weighted by molar-refractivity contribution is 6.34. The van der Waals surface area contributed by atoms with E-state index in [4.69, 9.17) is 0 Å². The number of anilines is 2. The molecule has 0 saturated carbocycles. The zero-order valence-corrected chi connectivity index (χ0v) is 13.6. The number of hydrogen-bond acceptors (Lipinski definition) is 6. The number of fused-ring (bicyclic) bond motifs is 1. The van der Waals surface area contributed by atoms with Crippen LogP contribution >= 0.6 is 0 Å². The van der Waals surface area contributed by atoms with Crippen LogP contribution in [0, 0.1) is 6.92 Å². The summed E-state index contributed by atoms with van der Waals surface area (Å²) in [6.45, 7) is 1.91. The van der Waals surface area contributed by atoms with E-state index in [9.17, 15) is 14.4 Å². The Bertz CT molecular complexity index is 1000. The molecule has 0 bridgehead atoms. The van der Waals surface area contributed by atoms with Gasteiger partial charge in [-0.15, -0.1) is 0 Å². The topological polar surface area (TPSA) is 105 Å². The molecule has 0 atom stereocenters. The fraction of sp³-hybridized carbons (Fsp3) is 0.0556. The Morgan fingerprint density at radius 3 is 2.19 bits per heavy atom. The first-order valence-electron chi connectivity index (χ1n) is 7.74. The number of rotatable bonds is 3. The predicted octanol–water partition coefficient (Wildman–Crippen LogP) is 2.43. The molecule has 0 aliphatic carbocycles. The van der Waals surface area contributed by atoms with Gasteiger partial charge in [-0.3, -0.25) is 14.4 Å². The molecule has 4 rings (SSSR count). The maximum Gasteiger partial charge on any atom is 0.267 e. The molecule has 26 heavy (non-hydrogen) atoms. The fourth-order valence-electron chi connectivity index (χ4n) is 2.68. The Morgan fingerprint density at radius 2 is 1.58 bits per heavy atom. The first-order valence-corrected chi connectivity index (χ1v) is 7.74. The molecule has 0 unspecified atom stereocenters. The van der Waals surface area contributed by atoms with Crippen LogP contribution in [-0.2, 0) is 0 Å². The van der Waals surface area contributed by atoms with E-state index in [1.54, 1.807) is 48.5 Å². The number of imide groups is 1. The van der Waals surface area contributed by atoms with Gasteiger partial charge >= 0.3 is 0 Å². The van der Waals surface area contributed by atoms with Gasteiger partial charge in [-0.1, -0.05) is 29.8 Å². The van der Waals surface area contributed by atoms with Crippen LogP contribution in [0.1, 0.15) is 36.6 Å². The number of nitrogens with zero attached hydrogens (tertiary/aromatic N) is 3. The average molecular weight is 348 g/mol. The Kier molecular flexibility index (Phi) is 3.58. The summed E-state index contributed by atoms with van der Waals surface area (Å²) in [5.41, 5.74) is 1.93. The molecule has 3 amide bonds. The first kappa shape index (κ1) is 15.7. The van der Waals surface area contributed by atoms with Gasteiger partial charge in [-0.2, -0.15) is 0 Å². The summed E-state index contributed by atoms with van der Waals surface area (Å²) in [7, 11) is 0. The van der Waals surface area contributed by atoms with Crippen molar-refractivity contribution < 1.29 is 19.0 Å². The molecule has 128 valence electrons. The lowest BCUT2D eigenvalue weighted by Crippen LogP contribution is -2.30. The summed E-state index contributed by atoms with van der Waals surface area (Å²) in [6.07, 6.45) is 0. The highest BCUT2D eigenvalue weighted by atomic mass is 16.6. The summed E-state index contributed by atoms with van der Waals surface area (Å²) >= 11 is 0. The van der Waals surface area contributed by atoms with Gasteiger partial charge in [0.1, 0.15) is 0 Å². The number of carbonyl (C=O) groups excluding carboxylic acids is 3. The molecule has 8 nitrogen and oxygen atoms in total. The summed E-state index contributed by atoms with van der Waals surface area (Å²) in [5.74, 6) is -1.82. The maximum atomic E-state index is 12.5. The minimum atomic E-state index is -0.549. The van der Waals surface area contributed by atoms with Crippen molar-refractivity contribution in [2.24, 2.45) is 0 Å². The minimum Gasteiger partial charge on any atom is -0.300 e. The third kappa shape index (κ3) is 2.44. The monoisotopic (exact) mass is 348 g/mol. The lowest BCUT2D eigenvalue weighted by molar-refractivity contribution is 0.0921. The number of nitrogens with one attached hydrogen (secondary N) is 1. The SMILES string of the molecule is Cc1ccc(C(=O)Nc2nonc2N2C(=O)c3ccccc3C2=O)cc1. The third-order valence-electron chi connectivity index (χ3n) is 4.02. The second-order valence-corrected chi connectivity index (χ2v) is 5.75. The van der Waals surface area contributed by atoms with Crippen LogP contribution in [0.15, 0.2) is 53.2 Å². The zero-order valence-electron chi connectivity index (χ0n) is 13.6. The molecule has 1 N–H and O–H groups in total. The predicted molar refractivity (Wildman–Crippen MR) is 91.0 cm³/mol. The van der Waals surface area contributed by atoms with Gasteiger partial charge in [-0.05, 0) is 41.5 Å². The number of hydrogen-bond donors (Lipinski definition) is 1. The quantitative estimate of drug-likeness (QED) is 0.729. The van der Waals surface area contributed by atoms with Crippen LogP contribution in [0.2, 0.25) is 0 Å². The van der Waals surface area contributed by atoms with Crippen LogP contribution < -0.4 is 10.2 Å². The van der Waals surface area contributed by atoms with Crippen molar-refractivity contribution in [3.63, 3.8) is 0 Å². The highest BCUT2D eigenvalue weighted by Gasteiger charge is 2.40. The molecule has 0 fully saturated rings. The second kappa shape index (κ2) is 5.92. The van der Waals surface area contributed by atoms with Crippen molar-refractivity contribution in [1.29, 1.82) is 0 Å². The van der Waals surface area contributed by atoms with E-state index >= 15 is 0 Å². The van der Waals surface area contributed by atoms with E-state index in [0.29, 0.717) is 5.56 Å². The van der Waals surface area contributed by atoms with E-state index in [0.717, 1.165) is 10.5 Å². The molecule has 0 spiro atoms. The Labute approximate surface area is 147 Å². The molecule has 2 aromatic carbocycles. The smallest absolute Gasteiger partial charge is 0.267 e. The van der Waals surface area contributed by atoms with Gasteiger partial charge in [-0.25, -0.2) is 9.53 Å². The number of benzene rings is 2. The van der Waals surface area contributed by atoms with Gasteiger partial charge in [0.05, 0.1) is 11.1 Å². The second-order valence-electron chi connectivity index (χ2n) is 5.75. The van der Waals surface area contributed by atoms with E-state index in [2.05, 4.69) is 20.3 Å². The largest absolute Gasteiger partial charge is 0.300 e. The van der Waals surface area contributed by atoms with E-state index in [1.165, 1.54) is 0 Å². The standard InChI is InChI=1S/C18H12N4O4/c1-10-6-8-11(9-7-10)16(23)19-14-15(21-26-20-14)22-17(24)12-4-2-3-5-13(12)18(22)25/h2-9H,1H3,(H,19,20,23). The van der Waals surface area contributed by atoms with Crippen molar-refractivity contribution in [3.8, 4) is 0 Å². The molecule has 8 heteroatoms. The summed E-state index contributed by atoms with van der Waals surface area (Å²) in [5, 5.41) is 9.76. The van der Waals surface area contributed by atoms with Crippen LogP contribution in [-0.4, -0.2) is 28.0 Å². The van der Waals surface area contributed by atoms with Crippen LogP contribution in [0.5, 0.6) is 0 Å². The van der Waals surface area contributed by atoms with Gasteiger partial charge in [0, 0.05) is 5.56 Å². The highest BCUT2D eigenvalue weighted by Crippen LogP contribution is 2.31. The van der Waals surface area contributed by atoms with Crippen LogP contribution in [0.25, 0.3) is 0 Å². The molecule has 3 aromatic rings. The number of carbonyl (C=O) groups is 3. The lowest BCUT2D eigenvalue weighted by atomic mass is 10.1. The number of aryl methyl sites for hydroxylation is 1. The molecule has 0 radical (unpaired) electrons. The first-order chi connectivity index (χ1) is 12.6. The molecule has 1 aromatic heterocycles. The number of amides is 3. The Hall–Kier alpha value is -3.81. The summed E-state index contributed by atoms with van der Waals surface area (Å²) in [6, 6.07) is 13.3. The third-order valence-corrected chi connectivity index (χ3v) is 4.02. The van der Waals surface area contributed by atoms with E-state index in [-0.39, 0.29) is 22.8 Å². The lowest BCUT2D eigenvalue weighted by Gasteiger charge is -2.11. The van der Waals surface area contributed by atoms with E-state index < -0.39 is 17.7 Å². The minimum absolute atomic E-state index is 0.106. The normalized spacial score (nSPS) is 13.0. The molecule has 1 aliphatic rings. The molecule has 2 heterocycles. The Balaban J connectivity index is 1.64. The molecular weight excluding hydrogens is 336 g/mol. The van der Waals surface area contributed by atoms with Crippen LogP contribution in [0.3, 0.4) is 0 Å². The molecular formula is C18H12N4O4. The van der Waals surface area contributed by atoms with Crippen molar-refractivity contribution in [2.45, 2.75) is 6.92 Å². The maximum absolute atomic E-state index is 12.5. The summed E-state index contributed by atoms with van der Waals surface area (Å²) in [4.78, 5) is 38.3. The number of aromatic nitrogens is 2. The molecule has 0 saturated heterocycles. The zero-order chi connectivity index (χ0) is 18.3. The van der Waals surface area contributed by atoms with E-state index in [1.807, 2.05) is 6.92 Å². The van der Waals surface area contributed by atoms with Crippen molar-refractivity contribution in [1.82, 2.24) is 10.3 Å².